The maximum absolute atomic E-state index is 12.9. The van der Waals surface area contributed by atoms with Gasteiger partial charge in [0.1, 0.15) is 17.8 Å². The summed E-state index contributed by atoms with van der Waals surface area (Å²) in [6.45, 7) is 4.93. The lowest BCUT2D eigenvalue weighted by Gasteiger charge is -2.46. The second-order valence-corrected chi connectivity index (χ2v) is 6.87. The molecule has 2 aliphatic heterocycles. The Bertz CT molecular complexity index is 720. The first-order valence-electron chi connectivity index (χ1n) is 9.01. The molecule has 3 amide bonds. The average molecular weight is 359 g/mol. The maximum atomic E-state index is 12.9. The molecule has 0 saturated carbocycles. The molecule has 1 N–H and O–H groups in total. The fraction of sp³-hybridized carbons (Fsp3) is 0.526. The third kappa shape index (κ3) is 3.13. The molecule has 0 unspecified atom stereocenters. The van der Waals surface area contributed by atoms with Gasteiger partial charge in [0, 0.05) is 13.1 Å². The Labute approximate surface area is 153 Å². The molecule has 26 heavy (non-hydrogen) atoms. The number of rotatable bonds is 4. The molecule has 0 aliphatic carbocycles. The molecule has 3 atom stereocenters. The molecular formula is C19H25N3O4. The summed E-state index contributed by atoms with van der Waals surface area (Å²) in [6, 6.07) is 5.92. The highest BCUT2D eigenvalue weighted by Gasteiger charge is 2.45. The first-order chi connectivity index (χ1) is 12.5. The number of carbonyl (C=O) groups is 3. The van der Waals surface area contributed by atoms with Crippen LogP contribution >= 0.6 is 0 Å². The number of hydrogen-bond donors (Lipinski definition) is 1. The Morgan fingerprint density at radius 3 is 2.73 bits per heavy atom. The molecule has 7 heteroatoms. The van der Waals surface area contributed by atoms with Crippen molar-refractivity contribution in [3.8, 4) is 5.75 Å². The molecule has 1 aromatic rings. The molecule has 0 radical (unpaired) electrons. The van der Waals surface area contributed by atoms with Gasteiger partial charge >= 0.3 is 0 Å². The minimum atomic E-state index is -0.629. The predicted octanol–water partition coefficient (Wildman–Crippen LogP) is 0.893. The molecule has 0 aromatic heterocycles. The van der Waals surface area contributed by atoms with Crippen molar-refractivity contribution in [3.63, 3.8) is 0 Å². The van der Waals surface area contributed by atoms with E-state index in [0.717, 1.165) is 6.42 Å². The Hall–Kier alpha value is -2.57. The van der Waals surface area contributed by atoms with Gasteiger partial charge in [-0.05, 0) is 18.1 Å². The third-order valence-corrected chi connectivity index (χ3v) is 5.37. The number of ether oxygens (including phenoxy) is 1. The van der Waals surface area contributed by atoms with Gasteiger partial charge in [-0.1, -0.05) is 32.4 Å². The lowest BCUT2D eigenvalue weighted by Crippen LogP contribution is -2.70. The molecule has 2 heterocycles. The van der Waals surface area contributed by atoms with E-state index in [-0.39, 0.29) is 30.2 Å². The Kier molecular flexibility index (Phi) is 5.15. The first kappa shape index (κ1) is 18.2. The first-order valence-corrected chi connectivity index (χ1v) is 9.01. The fourth-order valence-corrected chi connectivity index (χ4v) is 3.56. The highest BCUT2D eigenvalue weighted by Crippen LogP contribution is 2.24. The topological polar surface area (TPSA) is 79.0 Å². The molecule has 140 valence electrons. The van der Waals surface area contributed by atoms with Crippen molar-refractivity contribution in [2.75, 3.05) is 26.7 Å². The van der Waals surface area contributed by atoms with Crippen LogP contribution in [-0.2, 0) is 9.59 Å². The number of methoxy groups -OCH3 is 1. The molecule has 3 rings (SSSR count). The van der Waals surface area contributed by atoms with E-state index in [1.54, 1.807) is 34.1 Å². The van der Waals surface area contributed by atoms with Crippen LogP contribution < -0.4 is 10.1 Å². The summed E-state index contributed by atoms with van der Waals surface area (Å²) < 4.78 is 5.26. The fourth-order valence-electron chi connectivity index (χ4n) is 3.56. The second kappa shape index (κ2) is 7.35. The van der Waals surface area contributed by atoms with Crippen molar-refractivity contribution in [1.29, 1.82) is 0 Å². The lowest BCUT2D eigenvalue weighted by molar-refractivity contribution is -0.153. The largest absolute Gasteiger partial charge is 0.496 e. The number of piperazine rings is 2. The van der Waals surface area contributed by atoms with Gasteiger partial charge in [0.15, 0.2) is 0 Å². The molecular weight excluding hydrogens is 334 g/mol. The second-order valence-electron chi connectivity index (χ2n) is 6.87. The zero-order valence-electron chi connectivity index (χ0n) is 15.4. The Balaban J connectivity index is 1.77. The molecule has 0 bridgehead atoms. The number of hydrogen-bond acceptors (Lipinski definition) is 4. The van der Waals surface area contributed by atoms with E-state index >= 15 is 0 Å². The summed E-state index contributed by atoms with van der Waals surface area (Å²) in [5.41, 5.74) is 0.462. The predicted molar refractivity (Wildman–Crippen MR) is 95.8 cm³/mol. The number of benzene rings is 1. The van der Waals surface area contributed by atoms with E-state index in [9.17, 15) is 14.4 Å². The normalized spacial score (nSPS) is 24.0. The van der Waals surface area contributed by atoms with Crippen molar-refractivity contribution in [3.05, 3.63) is 29.8 Å². The minimum absolute atomic E-state index is 0.0478. The van der Waals surface area contributed by atoms with Crippen LogP contribution in [0, 0.1) is 5.92 Å². The standard InChI is InChI=1S/C19H25N3O4/c1-4-12(2)16-19(25)22-10-9-21(11-14(22)17(23)20-16)18(24)13-7-5-6-8-15(13)26-3/h5-8,12,14,16H,4,9-11H2,1-3H3,(H,20,23)/t12-,14+,16-/m0/s1. The number of fused-ring (bicyclic) bond motifs is 1. The van der Waals surface area contributed by atoms with E-state index in [1.165, 1.54) is 7.11 Å². The van der Waals surface area contributed by atoms with Crippen LogP contribution in [0.25, 0.3) is 0 Å². The van der Waals surface area contributed by atoms with Gasteiger partial charge in [-0.2, -0.15) is 0 Å². The molecule has 2 aliphatic rings. The zero-order chi connectivity index (χ0) is 18.8. The van der Waals surface area contributed by atoms with Crippen LogP contribution in [0.15, 0.2) is 24.3 Å². The summed E-state index contributed by atoms with van der Waals surface area (Å²) in [5, 5.41) is 2.85. The molecule has 0 spiro atoms. The van der Waals surface area contributed by atoms with Gasteiger partial charge in [-0.25, -0.2) is 0 Å². The monoisotopic (exact) mass is 359 g/mol. The smallest absolute Gasteiger partial charge is 0.257 e. The zero-order valence-corrected chi connectivity index (χ0v) is 15.4. The van der Waals surface area contributed by atoms with Crippen LogP contribution in [0.4, 0.5) is 0 Å². The van der Waals surface area contributed by atoms with E-state index in [0.29, 0.717) is 24.4 Å². The minimum Gasteiger partial charge on any atom is -0.496 e. The van der Waals surface area contributed by atoms with Gasteiger partial charge in [-0.3, -0.25) is 14.4 Å². The number of para-hydroxylation sites is 1. The van der Waals surface area contributed by atoms with Crippen molar-refractivity contribution >= 4 is 17.7 Å². The Morgan fingerprint density at radius 2 is 2.04 bits per heavy atom. The summed E-state index contributed by atoms with van der Waals surface area (Å²) in [5.74, 6) is 0.161. The van der Waals surface area contributed by atoms with Crippen LogP contribution in [-0.4, -0.2) is 66.3 Å². The van der Waals surface area contributed by atoms with Gasteiger partial charge < -0.3 is 19.9 Å². The summed E-state index contributed by atoms with van der Waals surface area (Å²) >= 11 is 0. The molecule has 7 nitrogen and oxygen atoms in total. The lowest BCUT2D eigenvalue weighted by atomic mass is 9.93. The Morgan fingerprint density at radius 1 is 1.31 bits per heavy atom. The van der Waals surface area contributed by atoms with Crippen LogP contribution in [0.3, 0.4) is 0 Å². The van der Waals surface area contributed by atoms with Gasteiger partial charge in [0.25, 0.3) is 5.91 Å². The maximum Gasteiger partial charge on any atom is 0.257 e. The van der Waals surface area contributed by atoms with Crippen molar-refractivity contribution in [2.45, 2.75) is 32.4 Å². The number of nitrogens with zero attached hydrogens (tertiary/aromatic N) is 2. The van der Waals surface area contributed by atoms with E-state index in [2.05, 4.69) is 5.32 Å². The van der Waals surface area contributed by atoms with Crippen LogP contribution in [0.2, 0.25) is 0 Å². The van der Waals surface area contributed by atoms with Gasteiger partial charge in [0.2, 0.25) is 11.8 Å². The third-order valence-electron chi connectivity index (χ3n) is 5.37. The SMILES string of the molecule is CC[C@H](C)[C@@H]1NC(=O)[C@H]2CN(C(=O)c3ccccc3OC)CCN2C1=O. The van der Waals surface area contributed by atoms with E-state index < -0.39 is 12.1 Å². The van der Waals surface area contributed by atoms with Crippen LogP contribution in [0.5, 0.6) is 5.75 Å². The molecule has 2 saturated heterocycles. The highest BCUT2D eigenvalue weighted by molar-refractivity contribution is 6.00. The van der Waals surface area contributed by atoms with Crippen molar-refractivity contribution < 1.29 is 19.1 Å². The molecule has 1 aromatic carbocycles. The van der Waals surface area contributed by atoms with Crippen molar-refractivity contribution in [2.24, 2.45) is 5.92 Å². The quantitative estimate of drug-likeness (QED) is 0.866. The molecule has 2 fully saturated rings. The van der Waals surface area contributed by atoms with Gasteiger partial charge in [0.05, 0.1) is 19.2 Å². The summed E-state index contributed by atoms with van der Waals surface area (Å²) in [7, 11) is 1.52. The van der Waals surface area contributed by atoms with Gasteiger partial charge in [-0.15, -0.1) is 0 Å². The number of carbonyl (C=O) groups excluding carboxylic acids is 3. The average Bonchev–Trinajstić information content (AvgIpc) is 2.69. The summed E-state index contributed by atoms with van der Waals surface area (Å²) in [6.07, 6.45) is 0.813. The van der Waals surface area contributed by atoms with E-state index in [1.807, 2.05) is 13.8 Å². The van der Waals surface area contributed by atoms with Crippen LogP contribution in [0.1, 0.15) is 30.6 Å². The number of nitrogens with one attached hydrogen (secondary N) is 1. The highest BCUT2D eigenvalue weighted by atomic mass is 16.5. The summed E-state index contributed by atoms with van der Waals surface area (Å²) in [4.78, 5) is 41.4. The van der Waals surface area contributed by atoms with Crippen molar-refractivity contribution in [1.82, 2.24) is 15.1 Å². The number of amides is 3. The van der Waals surface area contributed by atoms with E-state index in [4.69, 9.17) is 4.74 Å².